The summed E-state index contributed by atoms with van der Waals surface area (Å²) in [5.41, 5.74) is 0.409. The first-order valence-electron chi connectivity index (χ1n) is 8.22. The van der Waals surface area contributed by atoms with Crippen LogP contribution in [0.3, 0.4) is 0 Å². The van der Waals surface area contributed by atoms with Crippen LogP contribution < -0.4 is 10.6 Å². The van der Waals surface area contributed by atoms with Crippen LogP contribution in [0, 0.1) is 12.8 Å². The van der Waals surface area contributed by atoms with E-state index in [1.54, 1.807) is 13.0 Å². The summed E-state index contributed by atoms with van der Waals surface area (Å²) in [6.07, 6.45) is 0. The molecule has 1 fully saturated rings. The van der Waals surface area contributed by atoms with Crippen LogP contribution in [-0.2, 0) is 4.74 Å². The average Bonchev–Trinajstić information content (AvgIpc) is 2.53. The second kappa shape index (κ2) is 8.79. The number of hydrogen-bond donors (Lipinski definition) is 2. The van der Waals surface area contributed by atoms with Gasteiger partial charge in [-0.15, -0.1) is 0 Å². The van der Waals surface area contributed by atoms with Crippen molar-refractivity contribution in [3.05, 3.63) is 17.6 Å². The Bertz CT molecular complexity index is 515. The first-order valence-corrected chi connectivity index (χ1v) is 8.22. The summed E-state index contributed by atoms with van der Waals surface area (Å²) in [6, 6.07) is 1.71. The van der Waals surface area contributed by atoms with Crippen molar-refractivity contribution in [1.82, 2.24) is 20.2 Å². The van der Waals surface area contributed by atoms with Gasteiger partial charge in [0.15, 0.2) is 0 Å². The van der Waals surface area contributed by atoms with E-state index in [2.05, 4.69) is 39.3 Å². The molecule has 0 bridgehead atoms. The smallest absolute Gasteiger partial charge is 0.270 e. The number of carbonyl (C=O) groups is 1. The van der Waals surface area contributed by atoms with Crippen LogP contribution in [0.1, 0.15) is 30.2 Å². The summed E-state index contributed by atoms with van der Waals surface area (Å²) in [4.78, 5) is 23.0. The van der Waals surface area contributed by atoms with Gasteiger partial charge in [0.2, 0.25) is 0 Å². The third-order valence-corrected chi connectivity index (χ3v) is 3.58. The van der Waals surface area contributed by atoms with E-state index in [-0.39, 0.29) is 5.91 Å². The fourth-order valence-electron chi connectivity index (χ4n) is 2.33. The fraction of sp³-hybridized carbons (Fsp3) is 0.688. The highest BCUT2D eigenvalue weighted by Crippen LogP contribution is 2.07. The molecule has 0 radical (unpaired) electrons. The number of amides is 1. The molecule has 1 aliphatic heterocycles. The second-order valence-corrected chi connectivity index (χ2v) is 6.17. The molecule has 1 aromatic rings. The Labute approximate surface area is 137 Å². The van der Waals surface area contributed by atoms with Crippen molar-refractivity contribution in [2.24, 2.45) is 5.92 Å². The van der Waals surface area contributed by atoms with Gasteiger partial charge in [-0.25, -0.2) is 9.97 Å². The van der Waals surface area contributed by atoms with Crippen molar-refractivity contribution >= 4 is 11.7 Å². The van der Waals surface area contributed by atoms with E-state index in [1.165, 1.54) is 0 Å². The standard InChI is InChI=1S/C16H27N5O2/c1-12(2)11-18-16(22)14-10-15(20-13(3)19-14)17-4-5-21-6-8-23-9-7-21/h10,12H,4-9,11H2,1-3H3,(H,18,22)(H,17,19,20). The summed E-state index contributed by atoms with van der Waals surface area (Å²) in [7, 11) is 0. The van der Waals surface area contributed by atoms with Gasteiger partial charge in [-0.2, -0.15) is 0 Å². The van der Waals surface area contributed by atoms with E-state index < -0.39 is 0 Å². The second-order valence-electron chi connectivity index (χ2n) is 6.17. The van der Waals surface area contributed by atoms with Gasteiger partial charge in [0.1, 0.15) is 17.3 Å². The Balaban J connectivity index is 1.87. The van der Waals surface area contributed by atoms with E-state index in [1.807, 2.05) is 0 Å². The van der Waals surface area contributed by atoms with E-state index in [0.717, 1.165) is 39.4 Å². The van der Waals surface area contributed by atoms with Gasteiger partial charge in [-0.1, -0.05) is 13.8 Å². The van der Waals surface area contributed by atoms with Crippen LogP contribution in [0.15, 0.2) is 6.07 Å². The SMILES string of the molecule is Cc1nc(NCCN2CCOCC2)cc(C(=O)NCC(C)C)n1. The number of anilines is 1. The number of rotatable bonds is 7. The first-order chi connectivity index (χ1) is 11.0. The molecule has 1 amide bonds. The zero-order valence-corrected chi connectivity index (χ0v) is 14.3. The first kappa shape index (κ1) is 17.6. The lowest BCUT2D eigenvalue weighted by molar-refractivity contribution is 0.0398. The lowest BCUT2D eigenvalue weighted by Crippen LogP contribution is -2.39. The number of morpholine rings is 1. The topological polar surface area (TPSA) is 79.4 Å². The summed E-state index contributed by atoms with van der Waals surface area (Å²) in [6.45, 7) is 11.8. The average molecular weight is 321 g/mol. The summed E-state index contributed by atoms with van der Waals surface area (Å²) < 4.78 is 5.33. The molecule has 2 heterocycles. The monoisotopic (exact) mass is 321 g/mol. The molecule has 0 saturated carbocycles. The number of ether oxygens (including phenoxy) is 1. The van der Waals surface area contributed by atoms with Gasteiger partial charge in [0, 0.05) is 38.8 Å². The van der Waals surface area contributed by atoms with E-state index >= 15 is 0 Å². The molecule has 0 aliphatic carbocycles. The Morgan fingerprint density at radius 2 is 2.09 bits per heavy atom. The maximum absolute atomic E-state index is 12.1. The van der Waals surface area contributed by atoms with Crippen molar-refractivity contribution in [2.75, 3.05) is 51.3 Å². The lowest BCUT2D eigenvalue weighted by Gasteiger charge is -2.26. The van der Waals surface area contributed by atoms with Crippen molar-refractivity contribution in [2.45, 2.75) is 20.8 Å². The van der Waals surface area contributed by atoms with Crippen LogP contribution in [-0.4, -0.2) is 66.7 Å². The van der Waals surface area contributed by atoms with Crippen molar-refractivity contribution in [1.29, 1.82) is 0 Å². The zero-order valence-electron chi connectivity index (χ0n) is 14.3. The maximum Gasteiger partial charge on any atom is 0.270 e. The van der Waals surface area contributed by atoms with Gasteiger partial charge < -0.3 is 15.4 Å². The van der Waals surface area contributed by atoms with Crippen molar-refractivity contribution in [3.8, 4) is 0 Å². The maximum atomic E-state index is 12.1. The van der Waals surface area contributed by atoms with Crippen LogP contribution >= 0.6 is 0 Å². The minimum atomic E-state index is -0.152. The Kier molecular flexibility index (Phi) is 6.73. The third-order valence-electron chi connectivity index (χ3n) is 3.58. The Hall–Kier alpha value is -1.73. The van der Waals surface area contributed by atoms with E-state index in [0.29, 0.717) is 29.8 Å². The van der Waals surface area contributed by atoms with Gasteiger partial charge in [-0.3, -0.25) is 9.69 Å². The number of aromatic nitrogens is 2. The van der Waals surface area contributed by atoms with E-state index in [9.17, 15) is 4.79 Å². The number of carbonyl (C=O) groups excluding carboxylic acids is 1. The molecule has 0 unspecified atom stereocenters. The molecule has 0 spiro atoms. The molecule has 2 rings (SSSR count). The highest BCUT2D eigenvalue weighted by Gasteiger charge is 2.12. The summed E-state index contributed by atoms with van der Waals surface area (Å²) >= 11 is 0. The quantitative estimate of drug-likeness (QED) is 0.777. The summed E-state index contributed by atoms with van der Waals surface area (Å²) in [5.74, 6) is 1.55. The predicted molar refractivity (Wildman–Crippen MR) is 89.7 cm³/mol. The Morgan fingerprint density at radius 3 is 2.78 bits per heavy atom. The highest BCUT2D eigenvalue weighted by atomic mass is 16.5. The van der Waals surface area contributed by atoms with Gasteiger partial charge in [-0.05, 0) is 12.8 Å². The molecule has 1 aliphatic rings. The van der Waals surface area contributed by atoms with Crippen molar-refractivity contribution in [3.63, 3.8) is 0 Å². The van der Waals surface area contributed by atoms with Gasteiger partial charge in [0.25, 0.3) is 5.91 Å². The molecule has 7 heteroatoms. The largest absolute Gasteiger partial charge is 0.379 e. The van der Waals surface area contributed by atoms with Crippen LogP contribution in [0.5, 0.6) is 0 Å². The van der Waals surface area contributed by atoms with E-state index in [4.69, 9.17) is 4.74 Å². The molecule has 0 atom stereocenters. The molecular weight excluding hydrogens is 294 g/mol. The fourth-order valence-corrected chi connectivity index (χ4v) is 2.33. The number of nitrogens with zero attached hydrogens (tertiary/aromatic N) is 3. The van der Waals surface area contributed by atoms with Gasteiger partial charge >= 0.3 is 0 Å². The van der Waals surface area contributed by atoms with Crippen LogP contribution in [0.2, 0.25) is 0 Å². The molecule has 23 heavy (non-hydrogen) atoms. The normalized spacial score (nSPS) is 15.7. The molecule has 2 N–H and O–H groups in total. The van der Waals surface area contributed by atoms with Gasteiger partial charge in [0.05, 0.1) is 13.2 Å². The Morgan fingerprint density at radius 1 is 1.35 bits per heavy atom. The number of nitrogens with one attached hydrogen (secondary N) is 2. The highest BCUT2D eigenvalue weighted by molar-refractivity contribution is 5.92. The molecule has 0 aromatic carbocycles. The summed E-state index contributed by atoms with van der Waals surface area (Å²) in [5, 5.41) is 6.16. The molecule has 7 nitrogen and oxygen atoms in total. The number of hydrogen-bond acceptors (Lipinski definition) is 6. The number of aryl methyl sites for hydroxylation is 1. The van der Waals surface area contributed by atoms with Crippen LogP contribution in [0.4, 0.5) is 5.82 Å². The van der Waals surface area contributed by atoms with Crippen LogP contribution in [0.25, 0.3) is 0 Å². The molecule has 1 saturated heterocycles. The lowest BCUT2D eigenvalue weighted by atomic mass is 10.2. The predicted octanol–water partition coefficient (Wildman–Crippen LogP) is 0.915. The molecule has 1 aromatic heterocycles. The molecule has 128 valence electrons. The minimum Gasteiger partial charge on any atom is -0.379 e. The van der Waals surface area contributed by atoms with Crippen molar-refractivity contribution < 1.29 is 9.53 Å². The minimum absolute atomic E-state index is 0.152. The molecular formula is C16H27N5O2. The zero-order chi connectivity index (χ0) is 16.7. The third kappa shape index (κ3) is 6.11.